The molecule has 172 valence electrons. The van der Waals surface area contributed by atoms with Crippen molar-refractivity contribution in [3.8, 4) is 5.75 Å². The molecule has 1 aromatic carbocycles. The van der Waals surface area contributed by atoms with Gasteiger partial charge in [0.15, 0.2) is 0 Å². The van der Waals surface area contributed by atoms with E-state index in [0.717, 1.165) is 30.8 Å². The number of carbonyl (C=O) groups is 2. The van der Waals surface area contributed by atoms with Gasteiger partial charge in [0.25, 0.3) is 5.91 Å². The van der Waals surface area contributed by atoms with Crippen LogP contribution >= 0.6 is 11.6 Å². The van der Waals surface area contributed by atoms with E-state index in [1.165, 1.54) is 11.9 Å². The summed E-state index contributed by atoms with van der Waals surface area (Å²) in [4.78, 5) is 34.5. The summed E-state index contributed by atoms with van der Waals surface area (Å²) in [5.41, 5.74) is 0. The number of ether oxygens (including phenoxy) is 1. The van der Waals surface area contributed by atoms with E-state index in [9.17, 15) is 14.7 Å². The third-order valence-electron chi connectivity index (χ3n) is 6.24. The van der Waals surface area contributed by atoms with Crippen molar-refractivity contribution in [2.24, 2.45) is 10.9 Å². The van der Waals surface area contributed by atoms with Gasteiger partial charge in [0, 0.05) is 19.1 Å². The summed E-state index contributed by atoms with van der Waals surface area (Å²) in [6, 6.07) is 5.75. The maximum absolute atomic E-state index is 13.0. The zero-order valence-electron chi connectivity index (χ0n) is 18.6. The Kier molecular flexibility index (Phi) is 6.39. The fourth-order valence-corrected chi connectivity index (χ4v) is 4.36. The third-order valence-corrected chi connectivity index (χ3v) is 6.49. The van der Waals surface area contributed by atoms with E-state index < -0.39 is 18.2 Å². The number of β-amino-alcohol motifs (C(OH)–C–C–N with tert-alkyl or cyclic N) is 1. The lowest BCUT2D eigenvalue weighted by molar-refractivity contribution is -0.545. The Morgan fingerprint density at radius 2 is 1.84 bits per heavy atom. The van der Waals surface area contributed by atoms with Crippen LogP contribution in [-0.2, 0) is 4.79 Å². The number of rotatable bonds is 5. The van der Waals surface area contributed by atoms with Gasteiger partial charge in [-0.25, -0.2) is 9.69 Å². The largest absolute Gasteiger partial charge is 0.491 e. The Labute approximate surface area is 192 Å². The van der Waals surface area contributed by atoms with E-state index in [1.54, 1.807) is 31.3 Å². The van der Waals surface area contributed by atoms with E-state index in [2.05, 4.69) is 11.5 Å². The molecule has 2 atom stereocenters. The number of aliphatic hydroxyl groups is 1. The number of amidine groups is 1. The molecule has 3 aliphatic rings. The Bertz CT molecular complexity index is 954. The average molecular weight is 463 g/mol. The van der Waals surface area contributed by atoms with E-state index in [-0.39, 0.29) is 19.1 Å². The second-order valence-electron chi connectivity index (χ2n) is 8.65. The fourth-order valence-electron chi connectivity index (χ4n) is 4.24. The number of halogens is 1. The van der Waals surface area contributed by atoms with Crippen molar-refractivity contribution in [1.29, 1.82) is 0 Å². The Morgan fingerprint density at radius 1 is 1.19 bits per heavy atom. The standard InChI is InChI=1S/C22H29ClN5O4/c1-14-8-10-27(11-9-14)21-24-19-18(20(30)26(3)22(31)25(19)2)28(21)12-16(29)13-32-17-6-4-15(23)5-7-17/h4-7,14,16,18,29H,8-13H2,1-3H3/q+1. The number of piperidine rings is 1. The highest BCUT2D eigenvalue weighted by molar-refractivity contribution is 6.30. The number of aliphatic imine (C=N–C) groups is 1. The van der Waals surface area contributed by atoms with Gasteiger partial charge in [0.1, 0.15) is 18.5 Å². The smallest absolute Gasteiger partial charge is 0.392 e. The topological polar surface area (TPSA) is 88.7 Å². The first-order valence-corrected chi connectivity index (χ1v) is 11.2. The Balaban J connectivity index is 1.57. The van der Waals surface area contributed by atoms with Crippen LogP contribution in [-0.4, -0.2) is 101 Å². The highest BCUT2D eigenvalue weighted by Crippen LogP contribution is 2.25. The van der Waals surface area contributed by atoms with Gasteiger partial charge in [-0.3, -0.25) is 19.2 Å². The quantitative estimate of drug-likeness (QED) is 0.670. The van der Waals surface area contributed by atoms with Gasteiger partial charge >= 0.3 is 12.0 Å². The van der Waals surface area contributed by atoms with Crippen LogP contribution in [0.3, 0.4) is 0 Å². The molecule has 1 aromatic rings. The number of urea groups is 1. The van der Waals surface area contributed by atoms with Crippen molar-refractivity contribution in [1.82, 2.24) is 14.7 Å². The first-order valence-electron chi connectivity index (χ1n) is 10.8. The van der Waals surface area contributed by atoms with Crippen LogP contribution in [0, 0.1) is 5.92 Å². The lowest BCUT2D eigenvalue weighted by Gasteiger charge is -2.33. The van der Waals surface area contributed by atoms with Gasteiger partial charge in [-0.05, 0) is 43.0 Å². The second kappa shape index (κ2) is 9.07. The van der Waals surface area contributed by atoms with Crippen molar-refractivity contribution < 1.29 is 24.0 Å². The van der Waals surface area contributed by atoms with Gasteiger partial charge < -0.3 is 9.84 Å². The van der Waals surface area contributed by atoms with E-state index in [4.69, 9.17) is 21.3 Å². The molecule has 10 heteroatoms. The van der Waals surface area contributed by atoms with Crippen LogP contribution in [0.2, 0.25) is 5.02 Å². The molecule has 1 N–H and O–H groups in total. The zero-order valence-corrected chi connectivity index (χ0v) is 19.3. The van der Waals surface area contributed by atoms with Crippen molar-refractivity contribution in [3.05, 3.63) is 29.3 Å². The molecule has 3 amide bonds. The third kappa shape index (κ3) is 4.31. The molecule has 9 nitrogen and oxygen atoms in total. The summed E-state index contributed by atoms with van der Waals surface area (Å²) in [5, 5.41) is 11.4. The predicted octanol–water partition coefficient (Wildman–Crippen LogP) is 1.48. The van der Waals surface area contributed by atoms with Crippen molar-refractivity contribution in [2.75, 3.05) is 40.3 Å². The molecule has 2 fully saturated rings. The van der Waals surface area contributed by atoms with E-state index in [0.29, 0.717) is 28.5 Å². The minimum Gasteiger partial charge on any atom is -0.491 e. The maximum Gasteiger partial charge on any atom is 0.392 e. The number of imide groups is 1. The molecule has 0 aliphatic carbocycles. The van der Waals surface area contributed by atoms with Gasteiger partial charge in [0.2, 0.25) is 11.9 Å². The summed E-state index contributed by atoms with van der Waals surface area (Å²) in [5.74, 6) is 1.91. The molecule has 3 heterocycles. The molecule has 0 aromatic heterocycles. The highest BCUT2D eigenvalue weighted by atomic mass is 35.5. The monoisotopic (exact) mass is 462 g/mol. The zero-order chi connectivity index (χ0) is 23.0. The molecule has 3 aliphatic heterocycles. The molecular weight excluding hydrogens is 434 g/mol. The summed E-state index contributed by atoms with van der Waals surface area (Å²) < 4.78 is 7.84. The van der Waals surface area contributed by atoms with Gasteiger partial charge in [0.05, 0.1) is 19.6 Å². The normalized spacial score (nSPS) is 24.7. The van der Waals surface area contributed by atoms with Crippen LogP contribution < -0.4 is 4.74 Å². The number of likely N-dealkylation sites (N-methyl/N-ethyl adjacent to an activating group) is 2. The summed E-state index contributed by atoms with van der Waals surface area (Å²) in [6.07, 6.45) is 1.18. The number of carbonyl (C=O) groups excluding carboxylic acids is 2. The molecule has 0 spiro atoms. The number of nitrogens with zero attached hydrogens (tertiary/aromatic N) is 5. The van der Waals surface area contributed by atoms with E-state index >= 15 is 0 Å². The van der Waals surface area contributed by atoms with Crippen molar-refractivity contribution in [3.63, 3.8) is 0 Å². The van der Waals surface area contributed by atoms with Crippen molar-refractivity contribution in [2.45, 2.75) is 31.9 Å². The van der Waals surface area contributed by atoms with Gasteiger partial charge in [-0.15, -0.1) is 0 Å². The molecule has 4 rings (SSSR count). The van der Waals surface area contributed by atoms with Crippen LogP contribution in [0.25, 0.3) is 0 Å². The van der Waals surface area contributed by atoms with Crippen LogP contribution in [0.4, 0.5) is 4.79 Å². The maximum atomic E-state index is 13.0. The molecule has 0 bridgehead atoms. The van der Waals surface area contributed by atoms with Gasteiger partial charge in [-0.2, -0.15) is 0 Å². The number of hydrogen-bond acceptors (Lipinski definition) is 4. The fraction of sp³-hybridized carbons (Fsp3) is 0.545. The predicted molar refractivity (Wildman–Crippen MR) is 120 cm³/mol. The Hall–Kier alpha value is -2.65. The number of hydrogen-bond donors (Lipinski definition) is 1. The number of fused-ring (bicyclic) bond motifs is 1. The lowest BCUT2D eigenvalue weighted by atomic mass is 10.0. The minimum absolute atomic E-state index is 0.0449. The number of guanidine groups is 1. The summed E-state index contributed by atoms with van der Waals surface area (Å²) in [6.45, 7) is 4.05. The molecular formula is C22H29ClN5O4+. The van der Waals surface area contributed by atoms with E-state index in [1.807, 2.05) is 4.90 Å². The molecule has 2 saturated heterocycles. The highest BCUT2D eigenvalue weighted by Gasteiger charge is 2.55. The SMILES string of the molecule is CC1CC[N+](=C2N=C3C(C(=O)N(C)C(=O)N3C)N2CC(O)COc2ccc(Cl)cc2)CC1. The Morgan fingerprint density at radius 3 is 2.50 bits per heavy atom. The van der Waals surface area contributed by atoms with Gasteiger partial charge in [-0.1, -0.05) is 23.5 Å². The van der Waals surface area contributed by atoms with Crippen molar-refractivity contribution >= 4 is 35.3 Å². The summed E-state index contributed by atoms with van der Waals surface area (Å²) in [7, 11) is 3.09. The molecule has 0 radical (unpaired) electrons. The number of aliphatic hydroxyl groups excluding tert-OH is 1. The van der Waals surface area contributed by atoms with Crippen LogP contribution in [0.1, 0.15) is 19.8 Å². The summed E-state index contributed by atoms with van der Waals surface area (Å²) >= 11 is 5.90. The lowest BCUT2D eigenvalue weighted by Crippen LogP contribution is -2.63. The molecule has 0 saturated carbocycles. The molecule has 2 unspecified atom stereocenters. The second-order valence-corrected chi connectivity index (χ2v) is 9.09. The van der Waals surface area contributed by atoms with Crippen LogP contribution in [0.15, 0.2) is 29.3 Å². The minimum atomic E-state index is -0.875. The van der Waals surface area contributed by atoms with Crippen LogP contribution in [0.5, 0.6) is 5.75 Å². The first kappa shape index (κ1) is 22.5. The number of amides is 3. The average Bonchev–Trinajstić information content (AvgIpc) is 3.15. The first-order chi connectivity index (χ1) is 15.3. The number of benzene rings is 1. The molecule has 32 heavy (non-hydrogen) atoms.